The van der Waals surface area contributed by atoms with E-state index in [1.165, 1.54) is 0 Å². The fourth-order valence-corrected chi connectivity index (χ4v) is 2.50. The van der Waals surface area contributed by atoms with Crippen molar-refractivity contribution in [1.29, 1.82) is 0 Å². The molecule has 6 heteroatoms. The molecule has 0 spiro atoms. The lowest BCUT2D eigenvalue weighted by Gasteiger charge is -2.13. The van der Waals surface area contributed by atoms with E-state index in [2.05, 4.69) is 15.6 Å². The van der Waals surface area contributed by atoms with Gasteiger partial charge in [0.1, 0.15) is 11.8 Å². The molecule has 124 valence electrons. The van der Waals surface area contributed by atoms with Crippen LogP contribution in [0.4, 0.5) is 5.69 Å². The molecule has 0 bridgehead atoms. The molecular weight excluding hydrogens is 306 g/mol. The van der Waals surface area contributed by atoms with E-state index >= 15 is 0 Å². The van der Waals surface area contributed by atoms with Gasteiger partial charge in [-0.05, 0) is 43.5 Å². The first-order valence-electron chi connectivity index (χ1n) is 7.82. The Labute approximate surface area is 140 Å². The van der Waals surface area contributed by atoms with Crippen molar-refractivity contribution in [3.8, 4) is 11.6 Å². The average Bonchev–Trinajstić information content (AvgIpc) is 2.97. The van der Waals surface area contributed by atoms with Crippen LogP contribution >= 0.6 is 0 Å². The summed E-state index contributed by atoms with van der Waals surface area (Å²) >= 11 is 0. The maximum Gasteiger partial charge on any atom is 0.246 e. The molecule has 1 aliphatic rings. The fourth-order valence-electron chi connectivity index (χ4n) is 2.50. The highest BCUT2D eigenvalue weighted by Crippen LogP contribution is 2.27. The Morgan fingerprint density at radius 2 is 2.12 bits per heavy atom. The van der Waals surface area contributed by atoms with Crippen molar-refractivity contribution in [2.24, 2.45) is 0 Å². The van der Waals surface area contributed by atoms with Crippen LogP contribution in [0.3, 0.4) is 0 Å². The van der Waals surface area contributed by atoms with Gasteiger partial charge in [0.2, 0.25) is 17.7 Å². The van der Waals surface area contributed by atoms with Crippen LogP contribution in [0.25, 0.3) is 0 Å². The molecule has 1 unspecified atom stereocenters. The summed E-state index contributed by atoms with van der Waals surface area (Å²) in [6.07, 6.45) is 2.60. The van der Waals surface area contributed by atoms with E-state index in [4.69, 9.17) is 4.74 Å². The molecular formula is C18H19N3O3. The zero-order chi connectivity index (χ0) is 17.1. The maximum absolute atomic E-state index is 12.2. The van der Waals surface area contributed by atoms with E-state index in [9.17, 15) is 9.59 Å². The number of carbonyl (C=O) groups is 2. The van der Waals surface area contributed by atoms with Gasteiger partial charge in [0, 0.05) is 30.4 Å². The minimum Gasteiger partial charge on any atom is -0.439 e. The van der Waals surface area contributed by atoms with E-state index < -0.39 is 6.04 Å². The zero-order valence-electron chi connectivity index (χ0n) is 13.6. The van der Waals surface area contributed by atoms with Crippen molar-refractivity contribution in [2.75, 3.05) is 5.32 Å². The number of pyridine rings is 1. The van der Waals surface area contributed by atoms with E-state index in [0.717, 1.165) is 11.1 Å². The smallest absolute Gasteiger partial charge is 0.246 e. The molecule has 2 N–H and O–H groups in total. The van der Waals surface area contributed by atoms with Crippen molar-refractivity contribution in [1.82, 2.24) is 10.3 Å². The monoisotopic (exact) mass is 325 g/mol. The molecule has 3 rings (SSSR count). The summed E-state index contributed by atoms with van der Waals surface area (Å²) in [5.74, 6) is 0.823. The first-order chi connectivity index (χ1) is 11.5. The van der Waals surface area contributed by atoms with Crippen LogP contribution in [-0.2, 0) is 9.59 Å². The molecule has 1 aromatic carbocycles. The molecule has 1 atom stereocenters. The lowest BCUT2D eigenvalue weighted by molar-refractivity contribution is -0.122. The predicted octanol–water partition coefficient (Wildman–Crippen LogP) is 2.71. The number of aromatic nitrogens is 1. The molecule has 0 radical (unpaired) electrons. The van der Waals surface area contributed by atoms with E-state index in [1.807, 2.05) is 32.0 Å². The zero-order valence-corrected chi connectivity index (χ0v) is 13.6. The summed E-state index contributed by atoms with van der Waals surface area (Å²) < 4.78 is 5.82. The molecule has 1 aliphatic heterocycles. The number of aryl methyl sites for hydroxylation is 2. The van der Waals surface area contributed by atoms with Gasteiger partial charge in [0.15, 0.2) is 0 Å². The van der Waals surface area contributed by atoms with Crippen LogP contribution in [-0.4, -0.2) is 22.8 Å². The van der Waals surface area contributed by atoms with Gasteiger partial charge in [-0.15, -0.1) is 0 Å². The average molecular weight is 325 g/mol. The number of nitrogens with zero attached hydrogens (tertiary/aromatic N) is 1. The van der Waals surface area contributed by atoms with Crippen molar-refractivity contribution in [3.05, 3.63) is 47.7 Å². The van der Waals surface area contributed by atoms with Gasteiger partial charge >= 0.3 is 0 Å². The minimum absolute atomic E-state index is 0.0893. The Kier molecular flexibility index (Phi) is 4.46. The van der Waals surface area contributed by atoms with Crippen LogP contribution < -0.4 is 15.4 Å². The number of nitrogens with one attached hydrogen (secondary N) is 2. The third-order valence-electron chi connectivity index (χ3n) is 3.87. The van der Waals surface area contributed by atoms with Crippen LogP contribution in [0.1, 0.15) is 24.0 Å². The van der Waals surface area contributed by atoms with Gasteiger partial charge in [0.25, 0.3) is 0 Å². The molecule has 2 heterocycles. The van der Waals surface area contributed by atoms with Crippen LogP contribution in [0.5, 0.6) is 11.6 Å². The number of hydrogen-bond donors (Lipinski definition) is 2. The minimum atomic E-state index is -0.471. The summed E-state index contributed by atoms with van der Waals surface area (Å²) in [5.41, 5.74) is 2.61. The third-order valence-corrected chi connectivity index (χ3v) is 3.87. The normalized spacial score (nSPS) is 16.6. The number of rotatable bonds is 4. The van der Waals surface area contributed by atoms with Gasteiger partial charge < -0.3 is 15.4 Å². The summed E-state index contributed by atoms with van der Waals surface area (Å²) in [6, 6.07) is 8.70. The first-order valence-corrected chi connectivity index (χ1v) is 7.82. The standard InChI is InChI=1S/C18H19N3O3/c1-11-7-8-19-17(9-11)24-15-10-13(4-3-12(15)2)20-18(23)14-5-6-16(22)21-14/h3-4,7-10,14H,5-6H2,1-2H3,(H,20,23)(H,21,22). The van der Waals surface area contributed by atoms with Gasteiger partial charge in [0.05, 0.1) is 0 Å². The summed E-state index contributed by atoms with van der Waals surface area (Å²) in [4.78, 5) is 27.6. The van der Waals surface area contributed by atoms with Gasteiger partial charge in [-0.25, -0.2) is 4.98 Å². The lowest BCUT2D eigenvalue weighted by Crippen LogP contribution is -2.37. The van der Waals surface area contributed by atoms with Gasteiger partial charge in [-0.1, -0.05) is 6.07 Å². The highest BCUT2D eigenvalue weighted by molar-refractivity contribution is 5.99. The quantitative estimate of drug-likeness (QED) is 0.906. The molecule has 2 aromatic rings. The molecule has 6 nitrogen and oxygen atoms in total. The van der Waals surface area contributed by atoms with Crippen molar-refractivity contribution < 1.29 is 14.3 Å². The second-order valence-corrected chi connectivity index (χ2v) is 5.90. The topological polar surface area (TPSA) is 80.3 Å². The number of hydrogen-bond acceptors (Lipinski definition) is 4. The largest absolute Gasteiger partial charge is 0.439 e. The Morgan fingerprint density at radius 3 is 2.83 bits per heavy atom. The predicted molar refractivity (Wildman–Crippen MR) is 90.0 cm³/mol. The molecule has 1 fully saturated rings. The Hall–Kier alpha value is -2.89. The third kappa shape index (κ3) is 3.71. The van der Waals surface area contributed by atoms with Crippen LogP contribution in [0.2, 0.25) is 0 Å². The number of anilines is 1. The van der Waals surface area contributed by atoms with Crippen molar-refractivity contribution >= 4 is 17.5 Å². The molecule has 1 saturated heterocycles. The number of amides is 2. The molecule has 0 saturated carbocycles. The SMILES string of the molecule is Cc1ccnc(Oc2cc(NC(=O)C3CCC(=O)N3)ccc2C)c1. The Balaban J connectivity index is 1.73. The fraction of sp³-hybridized carbons (Fsp3) is 0.278. The van der Waals surface area contributed by atoms with Crippen molar-refractivity contribution in [2.45, 2.75) is 32.7 Å². The first kappa shape index (κ1) is 16.0. The number of ether oxygens (including phenoxy) is 1. The van der Waals surface area contributed by atoms with Crippen molar-refractivity contribution in [3.63, 3.8) is 0 Å². The van der Waals surface area contributed by atoms with Crippen LogP contribution in [0.15, 0.2) is 36.5 Å². The second-order valence-electron chi connectivity index (χ2n) is 5.90. The Bertz CT molecular complexity index is 789. The lowest BCUT2D eigenvalue weighted by atomic mass is 10.1. The number of carbonyl (C=O) groups excluding carboxylic acids is 2. The van der Waals surface area contributed by atoms with Crippen LogP contribution in [0, 0.1) is 13.8 Å². The van der Waals surface area contributed by atoms with Gasteiger partial charge in [-0.2, -0.15) is 0 Å². The highest BCUT2D eigenvalue weighted by atomic mass is 16.5. The maximum atomic E-state index is 12.2. The van der Waals surface area contributed by atoms with E-state index in [-0.39, 0.29) is 11.8 Å². The second kappa shape index (κ2) is 6.70. The molecule has 1 aromatic heterocycles. The highest BCUT2D eigenvalue weighted by Gasteiger charge is 2.27. The molecule has 2 amide bonds. The molecule has 0 aliphatic carbocycles. The molecule has 24 heavy (non-hydrogen) atoms. The summed E-state index contributed by atoms with van der Waals surface area (Å²) in [6.45, 7) is 3.89. The summed E-state index contributed by atoms with van der Waals surface area (Å²) in [7, 11) is 0. The van der Waals surface area contributed by atoms with Gasteiger partial charge in [-0.3, -0.25) is 9.59 Å². The summed E-state index contributed by atoms with van der Waals surface area (Å²) in [5, 5.41) is 5.47. The van der Waals surface area contributed by atoms with E-state index in [0.29, 0.717) is 30.2 Å². The number of benzene rings is 1. The van der Waals surface area contributed by atoms with E-state index in [1.54, 1.807) is 18.3 Å². The Morgan fingerprint density at radius 1 is 1.29 bits per heavy atom.